The van der Waals surface area contributed by atoms with Crippen LogP contribution in [0.3, 0.4) is 0 Å². The van der Waals surface area contributed by atoms with Gasteiger partial charge in [-0.05, 0) is 69.8 Å². The normalized spacial score (nSPS) is 19.5. The molecule has 190 valence electrons. The molecule has 3 aromatic rings. The van der Waals surface area contributed by atoms with Crippen molar-refractivity contribution in [2.45, 2.75) is 24.9 Å². The largest absolute Gasteiger partial charge is 0.419 e. The summed E-state index contributed by atoms with van der Waals surface area (Å²) in [6.07, 6.45) is 9.47. The van der Waals surface area contributed by atoms with Crippen LogP contribution < -0.4 is 15.8 Å². The summed E-state index contributed by atoms with van der Waals surface area (Å²) in [5.74, 6) is -3.21. The van der Waals surface area contributed by atoms with E-state index in [1.54, 1.807) is 6.20 Å². The Bertz CT molecular complexity index is 1680. The molecule has 2 unspecified atom stereocenters. The summed E-state index contributed by atoms with van der Waals surface area (Å²) in [4.78, 5) is 13.7. The number of hydrogen-bond donors (Lipinski definition) is 1. The summed E-state index contributed by atoms with van der Waals surface area (Å²) in [6.45, 7) is 0. The monoisotopic (exact) mass is 513 g/mol. The van der Waals surface area contributed by atoms with Gasteiger partial charge in [0.25, 0.3) is 0 Å². The second kappa shape index (κ2) is 9.28. The molecular weight excluding hydrogens is 490 g/mol. The van der Waals surface area contributed by atoms with E-state index < -0.39 is 34.8 Å². The highest BCUT2D eigenvalue weighted by molar-refractivity contribution is 6.02. The highest BCUT2D eigenvalue weighted by Crippen LogP contribution is 2.37. The number of ketones is 1. The molecule has 2 aliphatic carbocycles. The summed E-state index contributed by atoms with van der Waals surface area (Å²) in [5, 5.41) is 5.16. The van der Waals surface area contributed by atoms with Crippen LogP contribution >= 0.6 is 0 Å². The van der Waals surface area contributed by atoms with Crippen LogP contribution in [0.5, 0.6) is 0 Å². The molecule has 6 heteroatoms. The minimum atomic E-state index is -4.89. The van der Waals surface area contributed by atoms with E-state index in [0.717, 1.165) is 51.4 Å². The van der Waals surface area contributed by atoms with Gasteiger partial charge < -0.3 is 5.32 Å². The zero-order chi connectivity index (χ0) is 26.4. The van der Waals surface area contributed by atoms with Crippen LogP contribution in [0, 0.1) is 11.7 Å². The minimum Gasteiger partial charge on any atom is -0.364 e. The Morgan fingerprint density at radius 2 is 1.74 bits per heavy atom. The average molecular weight is 514 g/mol. The number of hydrogen-bond acceptors (Lipinski definition) is 2. The van der Waals surface area contributed by atoms with Gasteiger partial charge in [-0.3, -0.25) is 4.79 Å². The van der Waals surface area contributed by atoms with Gasteiger partial charge in [0, 0.05) is 23.7 Å². The molecular formula is C32H23F4NO. The summed E-state index contributed by atoms with van der Waals surface area (Å²) < 4.78 is 55.2. The van der Waals surface area contributed by atoms with Crippen molar-refractivity contribution >= 4 is 17.9 Å². The highest BCUT2D eigenvalue weighted by atomic mass is 19.4. The first-order chi connectivity index (χ1) is 18.3. The molecule has 0 amide bonds. The molecule has 0 spiro atoms. The van der Waals surface area contributed by atoms with Crippen LogP contribution in [0.2, 0.25) is 0 Å². The van der Waals surface area contributed by atoms with Gasteiger partial charge in [-0.2, -0.15) is 13.2 Å². The van der Waals surface area contributed by atoms with Crippen molar-refractivity contribution in [2.24, 2.45) is 5.92 Å². The lowest BCUT2D eigenvalue weighted by Gasteiger charge is -2.30. The van der Waals surface area contributed by atoms with Crippen molar-refractivity contribution in [1.29, 1.82) is 0 Å². The molecule has 38 heavy (non-hydrogen) atoms. The van der Waals surface area contributed by atoms with Crippen LogP contribution in [0.4, 0.5) is 17.6 Å². The maximum absolute atomic E-state index is 15.0. The van der Waals surface area contributed by atoms with E-state index in [-0.39, 0.29) is 5.92 Å². The van der Waals surface area contributed by atoms with E-state index >= 15 is 4.39 Å². The van der Waals surface area contributed by atoms with Gasteiger partial charge in [0.05, 0.1) is 11.1 Å². The third-order valence-electron chi connectivity index (χ3n) is 7.51. The first-order valence-corrected chi connectivity index (χ1v) is 12.5. The van der Waals surface area contributed by atoms with Gasteiger partial charge in [-0.15, -0.1) is 0 Å². The number of fused-ring (bicyclic) bond motifs is 5. The van der Waals surface area contributed by atoms with Crippen molar-refractivity contribution in [3.63, 3.8) is 0 Å². The molecule has 0 saturated heterocycles. The summed E-state index contributed by atoms with van der Waals surface area (Å²) >= 11 is 0. The highest BCUT2D eigenvalue weighted by Gasteiger charge is 2.37. The minimum absolute atomic E-state index is 0.235. The van der Waals surface area contributed by atoms with Crippen molar-refractivity contribution in [3.05, 3.63) is 129 Å². The summed E-state index contributed by atoms with van der Waals surface area (Å²) in [7, 11) is 0. The lowest BCUT2D eigenvalue weighted by molar-refractivity contribution is -0.140. The van der Waals surface area contributed by atoms with Crippen molar-refractivity contribution in [2.75, 3.05) is 0 Å². The van der Waals surface area contributed by atoms with Gasteiger partial charge in [0.2, 0.25) is 0 Å². The van der Waals surface area contributed by atoms with Gasteiger partial charge in [-0.25, -0.2) is 4.39 Å². The molecule has 0 fully saturated rings. The maximum atomic E-state index is 15.0. The molecule has 3 aliphatic rings. The Kier molecular flexibility index (Phi) is 5.90. The van der Waals surface area contributed by atoms with E-state index in [9.17, 15) is 18.0 Å². The van der Waals surface area contributed by atoms with E-state index in [0.29, 0.717) is 12.5 Å². The molecule has 1 N–H and O–H groups in total. The van der Waals surface area contributed by atoms with Crippen LogP contribution in [0.1, 0.15) is 39.4 Å². The predicted octanol–water partition coefficient (Wildman–Crippen LogP) is 6.17. The molecule has 0 bridgehead atoms. The summed E-state index contributed by atoms with van der Waals surface area (Å²) in [5.41, 5.74) is 3.29. The topological polar surface area (TPSA) is 29.1 Å². The molecule has 0 saturated carbocycles. The fraction of sp³-hybridized carbons (Fsp3) is 0.156. The first-order valence-electron chi connectivity index (χ1n) is 12.5. The van der Waals surface area contributed by atoms with E-state index in [4.69, 9.17) is 0 Å². The SMILES string of the molecule is O=C(c1cccc(C(F)(F)F)c1F)C1C=c2c(ccc3c2=CCc2ccccc2-3)C(C2=CC=CC=CN2)C1. The van der Waals surface area contributed by atoms with Crippen molar-refractivity contribution in [1.82, 2.24) is 5.32 Å². The second-order valence-corrected chi connectivity index (χ2v) is 9.70. The molecule has 0 aromatic heterocycles. The van der Waals surface area contributed by atoms with Gasteiger partial charge in [-0.1, -0.05) is 66.8 Å². The van der Waals surface area contributed by atoms with Crippen LogP contribution in [0.25, 0.3) is 23.3 Å². The standard InChI is InChI=1S/C32H23F4NO/c33-30-25(9-6-10-28(30)32(34,35)36)31(38)20-17-26-23-13-12-19-7-3-4-8-21(19)22(23)14-15-24(26)27(18-20)29-11-2-1-5-16-37-29/h1-11,13-17,20,27,37H,12,18H2. The fourth-order valence-corrected chi connectivity index (χ4v) is 5.73. The zero-order valence-electron chi connectivity index (χ0n) is 20.2. The number of allylic oxidation sites excluding steroid dienone is 5. The number of alkyl halides is 3. The Hall–Kier alpha value is -4.19. The number of nitrogens with one attached hydrogen (secondary N) is 1. The molecule has 1 aliphatic heterocycles. The number of rotatable bonds is 3. The van der Waals surface area contributed by atoms with E-state index in [1.807, 2.05) is 42.5 Å². The van der Waals surface area contributed by atoms with E-state index in [2.05, 4.69) is 35.7 Å². The Morgan fingerprint density at radius 3 is 2.58 bits per heavy atom. The van der Waals surface area contributed by atoms with Crippen LogP contribution in [0.15, 0.2) is 90.8 Å². The predicted molar refractivity (Wildman–Crippen MR) is 140 cm³/mol. The number of Topliss-reactive ketones (excluding diaryl/α,β-unsaturated/α-hetero) is 1. The van der Waals surface area contributed by atoms with Crippen molar-refractivity contribution < 1.29 is 22.4 Å². The lowest BCUT2D eigenvalue weighted by atomic mass is 9.75. The number of carbonyl (C=O) groups excluding carboxylic acids is 1. The summed E-state index contributed by atoms with van der Waals surface area (Å²) in [6, 6.07) is 15.2. The lowest BCUT2D eigenvalue weighted by Crippen LogP contribution is -2.40. The van der Waals surface area contributed by atoms with Gasteiger partial charge >= 0.3 is 6.18 Å². The molecule has 2 atom stereocenters. The molecule has 0 radical (unpaired) electrons. The smallest absolute Gasteiger partial charge is 0.364 e. The maximum Gasteiger partial charge on any atom is 0.419 e. The quantitative estimate of drug-likeness (QED) is 0.335. The number of carbonyl (C=O) groups is 1. The average Bonchev–Trinajstić information content (AvgIpc) is 3.21. The van der Waals surface area contributed by atoms with Crippen molar-refractivity contribution in [3.8, 4) is 11.1 Å². The van der Waals surface area contributed by atoms with Crippen LogP contribution in [-0.2, 0) is 12.6 Å². The zero-order valence-corrected chi connectivity index (χ0v) is 20.2. The van der Waals surface area contributed by atoms with E-state index in [1.165, 1.54) is 5.56 Å². The Morgan fingerprint density at radius 1 is 0.895 bits per heavy atom. The Balaban J connectivity index is 1.53. The second-order valence-electron chi connectivity index (χ2n) is 9.70. The molecule has 2 nitrogen and oxygen atoms in total. The van der Waals surface area contributed by atoms with Gasteiger partial charge in [0.1, 0.15) is 5.82 Å². The van der Waals surface area contributed by atoms with Crippen LogP contribution in [-0.4, -0.2) is 5.78 Å². The molecule has 6 rings (SSSR count). The molecule has 1 heterocycles. The third kappa shape index (κ3) is 4.10. The Labute approximate surface area is 217 Å². The fourth-order valence-electron chi connectivity index (χ4n) is 5.73. The number of halogens is 4. The van der Waals surface area contributed by atoms with Gasteiger partial charge in [0.15, 0.2) is 5.78 Å². The number of benzene rings is 3. The third-order valence-corrected chi connectivity index (χ3v) is 7.51. The first kappa shape index (κ1) is 24.2. The molecule has 3 aromatic carbocycles.